The van der Waals surface area contributed by atoms with Crippen LogP contribution >= 0.6 is 11.3 Å². The van der Waals surface area contributed by atoms with Crippen LogP contribution in [0.5, 0.6) is 0 Å². The van der Waals surface area contributed by atoms with Crippen LogP contribution in [0.4, 0.5) is 0 Å². The first-order valence-electron chi connectivity index (χ1n) is 7.37. The summed E-state index contributed by atoms with van der Waals surface area (Å²) in [5.41, 5.74) is 2.09. The summed E-state index contributed by atoms with van der Waals surface area (Å²) in [6.07, 6.45) is 3.95. The zero-order chi connectivity index (χ0) is 15.5. The highest BCUT2D eigenvalue weighted by Gasteiger charge is 2.15. The third kappa shape index (κ3) is 3.28. The predicted octanol–water partition coefficient (Wildman–Crippen LogP) is 3.65. The van der Waals surface area contributed by atoms with Gasteiger partial charge in [0.15, 0.2) is 5.76 Å². The SMILES string of the molecule is Cc1cnn([C@H](C)[C@H](C)NCc2cc(-c3cccs3)on2)c1. The van der Waals surface area contributed by atoms with Gasteiger partial charge in [-0.1, -0.05) is 11.2 Å². The highest BCUT2D eigenvalue weighted by Crippen LogP contribution is 2.25. The Morgan fingerprint density at radius 3 is 2.95 bits per heavy atom. The van der Waals surface area contributed by atoms with E-state index in [4.69, 9.17) is 4.52 Å². The number of nitrogens with one attached hydrogen (secondary N) is 1. The molecule has 0 amide bonds. The lowest BCUT2D eigenvalue weighted by molar-refractivity contribution is 0.357. The van der Waals surface area contributed by atoms with Crippen molar-refractivity contribution in [2.75, 3.05) is 0 Å². The summed E-state index contributed by atoms with van der Waals surface area (Å²) >= 11 is 1.65. The van der Waals surface area contributed by atoms with E-state index >= 15 is 0 Å². The van der Waals surface area contributed by atoms with Crippen molar-refractivity contribution in [2.24, 2.45) is 0 Å². The second kappa shape index (κ2) is 6.46. The van der Waals surface area contributed by atoms with Crippen molar-refractivity contribution in [1.82, 2.24) is 20.3 Å². The summed E-state index contributed by atoms with van der Waals surface area (Å²) in [6, 6.07) is 6.59. The summed E-state index contributed by atoms with van der Waals surface area (Å²) < 4.78 is 7.39. The highest BCUT2D eigenvalue weighted by atomic mass is 32.1. The Bertz CT molecular complexity index is 716. The van der Waals surface area contributed by atoms with Gasteiger partial charge in [-0.05, 0) is 37.8 Å². The number of thiophene rings is 1. The van der Waals surface area contributed by atoms with Crippen molar-refractivity contribution in [3.8, 4) is 10.6 Å². The van der Waals surface area contributed by atoms with Crippen LogP contribution in [0.3, 0.4) is 0 Å². The topological polar surface area (TPSA) is 55.9 Å². The predicted molar refractivity (Wildman–Crippen MR) is 87.8 cm³/mol. The monoisotopic (exact) mass is 316 g/mol. The van der Waals surface area contributed by atoms with E-state index < -0.39 is 0 Å². The Balaban J connectivity index is 1.58. The maximum Gasteiger partial charge on any atom is 0.177 e. The molecule has 0 aliphatic carbocycles. The van der Waals surface area contributed by atoms with Crippen LogP contribution in [0.1, 0.15) is 31.1 Å². The lowest BCUT2D eigenvalue weighted by Crippen LogP contribution is -2.33. The fourth-order valence-corrected chi connectivity index (χ4v) is 2.92. The van der Waals surface area contributed by atoms with Crippen molar-refractivity contribution in [2.45, 2.75) is 39.4 Å². The molecule has 5 nitrogen and oxygen atoms in total. The van der Waals surface area contributed by atoms with Gasteiger partial charge in [0.25, 0.3) is 0 Å². The smallest absolute Gasteiger partial charge is 0.177 e. The average Bonchev–Trinajstić information content (AvgIpc) is 3.24. The molecular weight excluding hydrogens is 296 g/mol. The Morgan fingerprint density at radius 2 is 2.27 bits per heavy atom. The first-order chi connectivity index (χ1) is 10.6. The fraction of sp³-hybridized carbons (Fsp3) is 0.375. The second-order valence-corrected chi connectivity index (χ2v) is 6.52. The molecule has 0 aromatic carbocycles. The molecule has 22 heavy (non-hydrogen) atoms. The normalized spacial score (nSPS) is 14.1. The molecule has 6 heteroatoms. The molecule has 0 saturated carbocycles. The van der Waals surface area contributed by atoms with Crippen LogP contribution in [0.2, 0.25) is 0 Å². The van der Waals surface area contributed by atoms with Gasteiger partial charge in [0, 0.05) is 24.8 Å². The van der Waals surface area contributed by atoms with Crippen molar-refractivity contribution < 1.29 is 4.52 Å². The minimum absolute atomic E-state index is 0.275. The number of hydrogen-bond donors (Lipinski definition) is 1. The molecule has 0 aliphatic rings. The molecule has 0 bridgehead atoms. The van der Waals surface area contributed by atoms with E-state index in [1.165, 1.54) is 5.56 Å². The standard InChI is InChI=1S/C16H20N4OS/c1-11-8-18-20(10-11)13(3)12(2)17-9-14-7-15(21-19-14)16-5-4-6-22-16/h4-8,10,12-13,17H,9H2,1-3H3/t12-,13+/m0/s1. The number of aromatic nitrogens is 3. The molecule has 0 saturated heterocycles. The van der Waals surface area contributed by atoms with Crippen LogP contribution in [0.15, 0.2) is 40.5 Å². The molecule has 0 fully saturated rings. The minimum Gasteiger partial charge on any atom is -0.355 e. The molecule has 0 aliphatic heterocycles. The minimum atomic E-state index is 0.275. The summed E-state index contributed by atoms with van der Waals surface area (Å²) in [5, 5.41) is 14.0. The molecule has 3 rings (SSSR count). The molecule has 1 N–H and O–H groups in total. The second-order valence-electron chi connectivity index (χ2n) is 5.57. The summed E-state index contributed by atoms with van der Waals surface area (Å²) in [6.45, 7) is 7.04. The van der Waals surface area contributed by atoms with Gasteiger partial charge in [0.05, 0.1) is 22.8 Å². The largest absolute Gasteiger partial charge is 0.355 e. The molecular formula is C16H20N4OS. The lowest BCUT2D eigenvalue weighted by Gasteiger charge is -2.21. The average molecular weight is 316 g/mol. The van der Waals surface area contributed by atoms with E-state index in [1.807, 2.05) is 34.5 Å². The number of nitrogens with zero attached hydrogens (tertiary/aromatic N) is 3. The third-order valence-corrected chi connectivity index (χ3v) is 4.68. The zero-order valence-corrected chi connectivity index (χ0v) is 13.8. The van der Waals surface area contributed by atoms with E-state index in [9.17, 15) is 0 Å². The van der Waals surface area contributed by atoms with Crippen molar-refractivity contribution in [1.29, 1.82) is 0 Å². The highest BCUT2D eigenvalue weighted by molar-refractivity contribution is 7.13. The summed E-state index contributed by atoms with van der Waals surface area (Å²) in [5.74, 6) is 0.829. The Labute approximate surface area is 133 Å². The van der Waals surface area contributed by atoms with E-state index in [-0.39, 0.29) is 12.1 Å². The van der Waals surface area contributed by atoms with Gasteiger partial charge in [0.1, 0.15) is 0 Å². The molecule has 2 atom stereocenters. The molecule has 0 spiro atoms. The lowest BCUT2D eigenvalue weighted by atomic mass is 10.1. The van der Waals surface area contributed by atoms with E-state index in [0.29, 0.717) is 6.54 Å². The van der Waals surface area contributed by atoms with Crippen molar-refractivity contribution in [3.05, 3.63) is 47.2 Å². The van der Waals surface area contributed by atoms with Gasteiger partial charge in [0.2, 0.25) is 0 Å². The Morgan fingerprint density at radius 1 is 1.41 bits per heavy atom. The van der Waals surface area contributed by atoms with E-state index in [0.717, 1.165) is 16.3 Å². The van der Waals surface area contributed by atoms with Gasteiger partial charge in [-0.2, -0.15) is 5.10 Å². The van der Waals surface area contributed by atoms with E-state index in [1.54, 1.807) is 11.3 Å². The molecule has 0 radical (unpaired) electrons. The van der Waals surface area contributed by atoms with E-state index in [2.05, 4.69) is 42.5 Å². The fourth-order valence-electron chi connectivity index (χ4n) is 2.25. The van der Waals surface area contributed by atoms with Gasteiger partial charge in [-0.3, -0.25) is 4.68 Å². The number of aryl methyl sites for hydroxylation is 1. The van der Waals surface area contributed by atoms with Crippen LogP contribution in [0, 0.1) is 6.92 Å². The third-order valence-electron chi connectivity index (χ3n) is 3.80. The molecule has 116 valence electrons. The van der Waals surface area contributed by atoms with Crippen LogP contribution in [-0.2, 0) is 6.54 Å². The van der Waals surface area contributed by atoms with Crippen molar-refractivity contribution in [3.63, 3.8) is 0 Å². The molecule has 3 aromatic heterocycles. The van der Waals surface area contributed by atoms with Gasteiger partial charge >= 0.3 is 0 Å². The summed E-state index contributed by atoms with van der Waals surface area (Å²) in [7, 11) is 0. The molecule has 3 heterocycles. The van der Waals surface area contributed by atoms with Crippen LogP contribution in [-0.4, -0.2) is 21.0 Å². The van der Waals surface area contributed by atoms with Crippen LogP contribution in [0.25, 0.3) is 10.6 Å². The molecule has 3 aromatic rings. The Hall–Kier alpha value is -1.92. The van der Waals surface area contributed by atoms with Gasteiger partial charge in [-0.15, -0.1) is 11.3 Å². The van der Waals surface area contributed by atoms with Gasteiger partial charge < -0.3 is 9.84 Å². The maximum absolute atomic E-state index is 5.39. The number of hydrogen-bond acceptors (Lipinski definition) is 5. The first kappa shape index (κ1) is 15.0. The number of rotatable bonds is 6. The van der Waals surface area contributed by atoms with Crippen LogP contribution < -0.4 is 5.32 Å². The van der Waals surface area contributed by atoms with Gasteiger partial charge in [-0.25, -0.2) is 0 Å². The van der Waals surface area contributed by atoms with Crippen molar-refractivity contribution >= 4 is 11.3 Å². The maximum atomic E-state index is 5.39. The summed E-state index contributed by atoms with van der Waals surface area (Å²) in [4.78, 5) is 1.10. The zero-order valence-electron chi connectivity index (χ0n) is 13.0. The first-order valence-corrected chi connectivity index (χ1v) is 8.25. The quantitative estimate of drug-likeness (QED) is 0.754. The Kier molecular flexibility index (Phi) is 4.40. The molecule has 0 unspecified atom stereocenters.